The van der Waals surface area contributed by atoms with Gasteiger partial charge in [0, 0.05) is 24.0 Å². The maximum Gasteiger partial charge on any atom is 0.263 e. The highest BCUT2D eigenvalue weighted by atomic mass is 32.1. The first kappa shape index (κ1) is 14.5. The van der Waals surface area contributed by atoms with E-state index in [1.807, 2.05) is 0 Å². The highest BCUT2D eigenvalue weighted by Gasteiger charge is 2.22. The molecular weight excluding hydrogens is 304 g/mol. The third-order valence-electron chi connectivity index (χ3n) is 3.55. The van der Waals surface area contributed by atoms with E-state index < -0.39 is 0 Å². The number of nitrogens with two attached hydrogens (primary N) is 1. The first-order valence-electron chi connectivity index (χ1n) is 6.97. The molecular formula is C14H18N4OS2. The number of rotatable bonds is 4. The number of thiophene rings is 1. The van der Waals surface area contributed by atoms with E-state index in [4.69, 9.17) is 5.73 Å². The van der Waals surface area contributed by atoms with Gasteiger partial charge in [-0.15, -0.1) is 11.3 Å². The summed E-state index contributed by atoms with van der Waals surface area (Å²) < 4.78 is 0. The minimum absolute atomic E-state index is 0.0628. The lowest BCUT2D eigenvalue weighted by Crippen LogP contribution is -2.47. The van der Waals surface area contributed by atoms with Crippen molar-refractivity contribution in [1.82, 2.24) is 15.2 Å². The Kier molecular flexibility index (Phi) is 4.52. The average molecular weight is 322 g/mol. The third-order valence-corrected chi connectivity index (χ3v) is 5.23. The number of hydrogen-bond donors (Lipinski definition) is 2. The maximum atomic E-state index is 12.1. The Morgan fingerprint density at radius 2 is 2.48 bits per heavy atom. The summed E-state index contributed by atoms with van der Waals surface area (Å²) in [7, 11) is 0. The number of nitrogens with zero attached hydrogens (tertiary/aromatic N) is 2. The summed E-state index contributed by atoms with van der Waals surface area (Å²) in [6, 6.07) is 4.44. The van der Waals surface area contributed by atoms with Crippen molar-refractivity contribution in [2.75, 3.05) is 18.8 Å². The monoisotopic (exact) mass is 322 g/mol. The highest BCUT2D eigenvalue weighted by molar-refractivity contribution is 7.17. The molecule has 0 saturated carbocycles. The smallest absolute Gasteiger partial charge is 0.263 e. The predicted molar refractivity (Wildman–Crippen MR) is 86.6 cm³/mol. The molecule has 1 amide bonds. The minimum atomic E-state index is -0.0628. The average Bonchev–Trinajstić information content (AvgIpc) is 3.11. The highest BCUT2D eigenvalue weighted by Crippen LogP contribution is 2.18. The third kappa shape index (κ3) is 3.81. The molecule has 0 radical (unpaired) electrons. The Morgan fingerprint density at radius 3 is 3.19 bits per heavy atom. The van der Waals surface area contributed by atoms with Crippen LogP contribution in [-0.4, -0.2) is 34.9 Å². The Balaban J connectivity index is 1.55. The molecule has 0 spiro atoms. The lowest BCUT2D eigenvalue weighted by Gasteiger charge is -2.32. The van der Waals surface area contributed by atoms with Gasteiger partial charge in [0.05, 0.1) is 6.20 Å². The van der Waals surface area contributed by atoms with Crippen LogP contribution in [0.25, 0.3) is 0 Å². The molecule has 0 aliphatic carbocycles. The molecule has 0 unspecified atom stereocenters. The van der Waals surface area contributed by atoms with Gasteiger partial charge in [-0.05, 0) is 30.8 Å². The van der Waals surface area contributed by atoms with E-state index in [1.165, 1.54) is 16.2 Å². The van der Waals surface area contributed by atoms with Crippen molar-refractivity contribution in [3.8, 4) is 0 Å². The lowest BCUT2D eigenvalue weighted by atomic mass is 10.1. The summed E-state index contributed by atoms with van der Waals surface area (Å²) in [5.74, 6) is -0.0628. The molecule has 3 rings (SSSR count). The first-order valence-corrected chi connectivity index (χ1v) is 8.67. The van der Waals surface area contributed by atoms with E-state index in [1.54, 1.807) is 17.5 Å². The normalized spacial score (nSPS) is 19.5. The van der Waals surface area contributed by atoms with Gasteiger partial charge in [-0.2, -0.15) is 0 Å². The van der Waals surface area contributed by atoms with Gasteiger partial charge in [-0.1, -0.05) is 17.4 Å². The van der Waals surface area contributed by atoms with E-state index in [9.17, 15) is 4.79 Å². The van der Waals surface area contributed by atoms with Crippen LogP contribution in [0.5, 0.6) is 0 Å². The van der Waals surface area contributed by atoms with E-state index in [0.717, 1.165) is 32.5 Å². The molecule has 3 heterocycles. The molecule has 7 heteroatoms. The summed E-state index contributed by atoms with van der Waals surface area (Å²) in [5, 5.41) is 5.63. The minimum Gasteiger partial charge on any atom is -0.375 e. The Bertz CT molecular complexity index is 596. The lowest BCUT2D eigenvalue weighted by molar-refractivity contribution is 0.0905. The van der Waals surface area contributed by atoms with Gasteiger partial charge in [-0.25, -0.2) is 4.98 Å². The number of aromatic nitrogens is 1. The second-order valence-electron chi connectivity index (χ2n) is 5.19. The largest absolute Gasteiger partial charge is 0.375 e. The quantitative estimate of drug-likeness (QED) is 0.905. The molecule has 0 aromatic carbocycles. The van der Waals surface area contributed by atoms with Crippen LogP contribution in [0, 0.1) is 0 Å². The first-order chi connectivity index (χ1) is 10.2. The molecule has 1 fully saturated rings. The summed E-state index contributed by atoms with van der Waals surface area (Å²) in [4.78, 5) is 20.4. The molecule has 0 bridgehead atoms. The zero-order valence-corrected chi connectivity index (χ0v) is 13.3. The molecule has 2 aromatic heterocycles. The van der Waals surface area contributed by atoms with Crippen LogP contribution in [0.3, 0.4) is 0 Å². The molecule has 21 heavy (non-hydrogen) atoms. The van der Waals surface area contributed by atoms with Crippen molar-refractivity contribution in [3.63, 3.8) is 0 Å². The molecule has 1 aliphatic heterocycles. The standard InChI is InChI=1S/C14H18N4OS2/c15-14-16-7-12(21-14)13(19)17-10-3-1-5-18(8-10)9-11-4-2-6-20-11/h2,4,6-7,10H,1,3,5,8-9H2,(H2,15,16)(H,17,19)/t10-/m1/s1. The van der Waals surface area contributed by atoms with Crippen LogP contribution < -0.4 is 11.1 Å². The van der Waals surface area contributed by atoms with Gasteiger partial charge in [0.15, 0.2) is 5.13 Å². The van der Waals surface area contributed by atoms with Gasteiger partial charge in [0.2, 0.25) is 0 Å². The number of nitrogens with one attached hydrogen (secondary N) is 1. The van der Waals surface area contributed by atoms with Gasteiger partial charge in [0.25, 0.3) is 5.91 Å². The number of piperidine rings is 1. The Morgan fingerprint density at radius 1 is 1.57 bits per heavy atom. The molecule has 5 nitrogen and oxygen atoms in total. The second kappa shape index (κ2) is 6.55. The fourth-order valence-electron chi connectivity index (χ4n) is 2.59. The fraction of sp³-hybridized carbons (Fsp3) is 0.429. The van der Waals surface area contributed by atoms with E-state index >= 15 is 0 Å². The SMILES string of the molecule is Nc1ncc(C(=O)N[C@@H]2CCCN(Cc3cccs3)C2)s1. The van der Waals surface area contributed by atoms with Crippen molar-refractivity contribution in [2.45, 2.75) is 25.4 Å². The van der Waals surface area contributed by atoms with Crippen molar-refractivity contribution in [2.24, 2.45) is 0 Å². The Labute approximate surface area is 131 Å². The van der Waals surface area contributed by atoms with E-state index in [0.29, 0.717) is 10.0 Å². The van der Waals surface area contributed by atoms with Crippen LogP contribution in [-0.2, 0) is 6.54 Å². The van der Waals surface area contributed by atoms with Crippen molar-refractivity contribution in [3.05, 3.63) is 33.5 Å². The molecule has 3 N–H and O–H groups in total. The van der Waals surface area contributed by atoms with Crippen LogP contribution >= 0.6 is 22.7 Å². The van der Waals surface area contributed by atoms with Crippen molar-refractivity contribution in [1.29, 1.82) is 0 Å². The van der Waals surface area contributed by atoms with Crippen LogP contribution in [0.2, 0.25) is 0 Å². The molecule has 1 aliphatic rings. The number of amides is 1. The number of carbonyl (C=O) groups excluding carboxylic acids is 1. The van der Waals surface area contributed by atoms with E-state index in [2.05, 4.69) is 32.7 Å². The number of likely N-dealkylation sites (tertiary alicyclic amines) is 1. The second-order valence-corrected chi connectivity index (χ2v) is 7.28. The number of carbonyl (C=O) groups is 1. The van der Waals surface area contributed by atoms with Crippen LogP contribution in [0.1, 0.15) is 27.4 Å². The summed E-state index contributed by atoms with van der Waals surface area (Å²) in [6.07, 6.45) is 3.68. The summed E-state index contributed by atoms with van der Waals surface area (Å²) in [5.41, 5.74) is 5.57. The van der Waals surface area contributed by atoms with Crippen LogP contribution in [0.4, 0.5) is 5.13 Å². The summed E-state index contributed by atoms with van der Waals surface area (Å²) in [6.45, 7) is 2.97. The molecule has 1 saturated heterocycles. The number of hydrogen-bond acceptors (Lipinski definition) is 6. The Hall–Kier alpha value is -1.44. The molecule has 112 valence electrons. The molecule has 2 aromatic rings. The van der Waals surface area contributed by atoms with Crippen LogP contribution in [0.15, 0.2) is 23.7 Å². The van der Waals surface area contributed by atoms with Gasteiger partial charge in [-0.3, -0.25) is 9.69 Å². The van der Waals surface area contributed by atoms with Crippen molar-refractivity contribution >= 4 is 33.7 Å². The number of thiazole rings is 1. The molecule has 1 atom stereocenters. The fourth-order valence-corrected chi connectivity index (χ4v) is 3.92. The summed E-state index contributed by atoms with van der Waals surface area (Å²) >= 11 is 3.01. The van der Waals surface area contributed by atoms with Gasteiger partial charge >= 0.3 is 0 Å². The number of nitrogen functional groups attached to an aromatic ring is 1. The van der Waals surface area contributed by atoms with Gasteiger partial charge < -0.3 is 11.1 Å². The maximum absolute atomic E-state index is 12.1. The number of anilines is 1. The van der Waals surface area contributed by atoms with E-state index in [-0.39, 0.29) is 11.9 Å². The topological polar surface area (TPSA) is 71.2 Å². The zero-order chi connectivity index (χ0) is 14.7. The zero-order valence-electron chi connectivity index (χ0n) is 11.6. The van der Waals surface area contributed by atoms with Gasteiger partial charge in [0.1, 0.15) is 4.88 Å². The predicted octanol–water partition coefficient (Wildman–Crippen LogP) is 2.18. The van der Waals surface area contributed by atoms with Crippen molar-refractivity contribution < 1.29 is 4.79 Å².